The van der Waals surface area contributed by atoms with E-state index in [1.807, 2.05) is 37.4 Å². The molecule has 0 bridgehead atoms. The molecule has 242 valence electrons. The van der Waals surface area contributed by atoms with Crippen molar-refractivity contribution in [3.63, 3.8) is 0 Å². The predicted octanol–water partition coefficient (Wildman–Crippen LogP) is 6.14. The zero-order valence-corrected chi connectivity index (χ0v) is 27.6. The van der Waals surface area contributed by atoms with Crippen LogP contribution in [0.1, 0.15) is 11.1 Å². The molecule has 6 aromatic rings. The quantitative estimate of drug-likeness (QED) is 0.208. The van der Waals surface area contributed by atoms with Crippen LogP contribution in [0.4, 0.5) is 10.1 Å². The number of methoxy groups -OCH3 is 1. The van der Waals surface area contributed by atoms with Gasteiger partial charge in [-0.2, -0.15) is 5.10 Å². The predicted molar refractivity (Wildman–Crippen MR) is 185 cm³/mol. The van der Waals surface area contributed by atoms with Crippen molar-refractivity contribution in [1.82, 2.24) is 24.1 Å². The maximum absolute atomic E-state index is 14.0. The standard InChI is InChI=1S/C35H33FN6O3S.ClH/c1-24-6-9-30(10-7-24)46(43,44)42-23-33(27-20-39-41(22-27)21-25-4-3-5-28(36)16-25)32-17-26(19-38-35(32)42)31-11-8-29(18-34(31)45-2)40-14-12-37-13-15-40;/h3-11,16-20,22-23,37H,12-15,21H2,1-2H3;1H. The monoisotopic (exact) mass is 672 g/mol. The van der Waals surface area contributed by atoms with E-state index in [-0.39, 0.29) is 23.1 Å². The molecule has 0 saturated carbocycles. The van der Waals surface area contributed by atoms with E-state index in [9.17, 15) is 12.8 Å². The van der Waals surface area contributed by atoms with Crippen LogP contribution in [-0.2, 0) is 16.6 Å². The van der Waals surface area contributed by atoms with Gasteiger partial charge in [-0.15, -0.1) is 12.4 Å². The van der Waals surface area contributed by atoms with E-state index in [1.54, 1.807) is 60.7 Å². The molecule has 9 nitrogen and oxygen atoms in total. The van der Waals surface area contributed by atoms with Gasteiger partial charge in [-0.1, -0.05) is 29.8 Å². The van der Waals surface area contributed by atoms with Crippen molar-refractivity contribution in [2.45, 2.75) is 18.4 Å². The van der Waals surface area contributed by atoms with Gasteiger partial charge in [0.25, 0.3) is 10.0 Å². The first-order valence-electron chi connectivity index (χ1n) is 15.0. The van der Waals surface area contributed by atoms with Crippen LogP contribution in [0.2, 0.25) is 0 Å². The Kier molecular flexibility index (Phi) is 9.05. The van der Waals surface area contributed by atoms with Gasteiger partial charge in [0.05, 0.1) is 24.7 Å². The van der Waals surface area contributed by atoms with Gasteiger partial charge in [-0.3, -0.25) is 4.68 Å². The average molecular weight is 673 g/mol. The number of nitrogens with one attached hydrogen (secondary N) is 1. The van der Waals surface area contributed by atoms with Gasteiger partial charge in [0, 0.05) is 84.2 Å². The molecular formula is C35H34ClFN6O3S. The number of halogens is 2. The Morgan fingerprint density at radius 1 is 0.915 bits per heavy atom. The third kappa shape index (κ3) is 6.34. The van der Waals surface area contributed by atoms with Gasteiger partial charge in [0.2, 0.25) is 0 Å². The fraction of sp³-hybridized carbons (Fsp3) is 0.200. The highest BCUT2D eigenvalue weighted by molar-refractivity contribution is 7.90. The molecule has 3 aromatic carbocycles. The number of fused-ring (bicyclic) bond motifs is 1. The largest absolute Gasteiger partial charge is 0.496 e. The van der Waals surface area contributed by atoms with E-state index in [0.29, 0.717) is 34.5 Å². The summed E-state index contributed by atoms with van der Waals surface area (Å²) in [6.45, 7) is 5.95. The smallest absolute Gasteiger partial charge is 0.269 e. The summed E-state index contributed by atoms with van der Waals surface area (Å²) in [4.78, 5) is 7.21. The molecule has 12 heteroatoms. The molecule has 0 spiro atoms. The third-order valence-corrected chi connectivity index (χ3v) is 10.0. The zero-order valence-electron chi connectivity index (χ0n) is 25.9. The number of piperazine rings is 1. The first kappa shape index (κ1) is 32.2. The summed E-state index contributed by atoms with van der Waals surface area (Å²) in [6, 6.07) is 21.2. The molecule has 7 rings (SSSR count). The van der Waals surface area contributed by atoms with Crippen LogP contribution in [0, 0.1) is 12.7 Å². The molecule has 1 saturated heterocycles. The van der Waals surface area contributed by atoms with Crippen molar-refractivity contribution in [3.05, 3.63) is 115 Å². The number of aromatic nitrogens is 4. The van der Waals surface area contributed by atoms with Gasteiger partial charge in [0.15, 0.2) is 5.65 Å². The van der Waals surface area contributed by atoms with Crippen molar-refractivity contribution in [1.29, 1.82) is 0 Å². The lowest BCUT2D eigenvalue weighted by Crippen LogP contribution is -2.43. The highest BCUT2D eigenvalue weighted by atomic mass is 35.5. The number of ether oxygens (including phenoxy) is 1. The zero-order chi connectivity index (χ0) is 31.8. The first-order chi connectivity index (χ1) is 22.3. The summed E-state index contributed by atoms with van der Waals surface area (Å²) in [7, 11) is -2.33. The summed E-state index contributed by atoms with van der Waals surface area (Å²) in [5.41, 5.74) is 6.10. The van der Waals surface area contributed by atoms with E-state index in [0.717, 1.165) is 54.1 Å². The van der Waals surface area contributed by atoms with E-state index in [1.165, 1.54) is 16.1 Å². The van der Waals surface area contributed by atoms with Crippen LogP contribution in [0.25, 0.3) is 33.3 Å². The Morgan fingerprint density at radius 2 is 1.70 bits per heavy atom. The molecule has 0 radical (unpaired) electrons. The lowest BCUT2D eigenvalue weighted by Gasteiger charge is -2.30. The molecule has 1 aliphatic rings. The lowest BCUT2D eigenvalue weighted by atomic mass is 10.0. The number of hydrogen-bond acceptors (Lipinski definition) is 7. The third-order valence-electron chi connectivity index (χ3n) is 8.35. The highest BCUT2D eigenvalue weighted by Gasteiger charge is 2.24. The maximum Gasteiger partial charge on any atom is 0.269 e. The number of aryl methyl sites for hydroxylation is 1. The van der Waals surface area contributed by atoms with Crippen molar-refractivity contribution in [2.75, 3.05) is 38.2 Å². The van der Waals surface area contributed by atoms with Crippen LogP contribution in [0.15, 0.2) is 102 Å². The molecule has 3 aromatic heterocycles. The Hall–Kier alpha value is -4.71. The summed E-state index contributed by atoms with van der Waals surface area (Å²) < 4.78 is 50.5. The molecular weight excluding hydrogens is 639 g/mol. The minimum Gasteiger partial charge on any atom is -0.496 e. The second-order valence-electron chi connectivity index (χ2n) is 11.4. The van der Waals surface area contributed by atoms with Crippen molar-refractivity contribution >= 4 is 39.2 Å². The van der Waals surface area contributed by atoms with E-state index in [4.69, 9.17) is 9.72 Å². The molecule has 47 heavy (non-hydrogen) atoms. The normalized spacial score (nSPS) is 13.5. The van der Waals surface area contributed by atoms with Crippen molar-refractivity contribution in [2.24, 2.45) is 0 Å². The van der Waals surface area contributed by atoms with Crippen LogP contribution >= 0.6 is 12.4 Å². The SMILES string of the molecule is COc1cc(N2CCNCC2)ccc1-c1cnc2c(c1)c(-c1cnn(Cc3cccc(F)c3)c1)cn2S(=O)(=O)c1ccc(C)cc1.Cl. The van der Waals surface area contributed by atoms with Gasteiger partial charge < -0.3 is 15.0 Å². The first-order valence-corrected chi connectivity index (χ1v) is 16.5. The summed E-state index contributed by atoms with van der Waals surface area (Å²) in [6.07, 6.45) is 6.80. The van der Waals surface area contributed by atoms with Gasteiger partial charge in [-0.05, 0) is 55.0 Å². The number of benzene rings is 3. The van der Waals surface area contributed by atoms with Crippen molar-refractivity contribution in [3.8, 4) is 28.0 Å². The van der Waals surface area contributed by atoms with Crippen LogP contribution in [0.3, 0.4) is 0 Å². The van der Waals surface area contributed by atoms with Crippen LogP contribution in [-0.4, -0.2) is 60.4 Å². The Morgan fingerprint density at radius 3 is 2.45 bits per heavy atom. The number of rotatable bonds is 8. The topological polar surface area (TPSA) is 94.3 Å². The van der Waals surface area contributed by atoms with Crippen LogP contribution < -0.4 is 15.0 Å². The van der Waals surface area contributed by atoms with Gasteiger partial charge in [-0.25, -0.2) is 21.8 Å². The molecule has 4 heterocycles. The number of anilines is 1. The van der Waals surface area contributed by atoms with E-state index < -0.39 is 10.0 Å². The van der Waals surface area contributed by atoms with Gasteiger partial charge >= 0.3 is 0 Å². The fourth-order valence-corrected chi connectivity index (χ4v) is 7.24. The average Bonchev–Trinajstić information content (AvgIpc) is 3.69. The van der Waals surface area contributed by atoms with Crippen molar-refractivity contribution < 1.29 is 17.5 Å². The van der Waals surface area contributed by atoms with Gasteiger partial charge in [0.1, 0.15) is 11.6 Å². The molecule has 1 aliphatic heterocycles. The highest BCUT2D eigenvalue weighted by Crippen LogP contribution is 2.38. The van der Waals surface area contributed by atoms with E-state index in [2.05, 4.69) is 21.4 Å². The molecule has 1 fully saturated rings. The van der Waals surface area contributed by atoms with Crippen LogP contribution in [0.5, 0.6) is 5.75 Å². The Balaban J connectivity index is 0.00000386. The minimum absolute atomic E-state index is 0. The summed E-state index contributed by atoms with van der Waals surface area (Å²) in [5, 5.41) is 8.54. The molecule has 0 amide bonds. The second-order valence-corrected chi connectivity index (χ2v) is 13.2. The molecule has 0 aliphatic carbocycles. The lowest BCUT2D eigenvalue weighted by molar-refractivity contribution is 0.416. The molecule has 0 atom stereocenters. The minimum atomic E-state index is -3.97. The number of nitrogens with zero attached hydrogens (tertiary/aromatic N) is 5. The molecule has 0 unspecified atom stereocenters. The molecule has 1 N–H and O–H groups in total. The fourth-order valence-electron chi connectivity index (χ4n) is 5.91. The number of hydrogen-bond donors (Lipinski definition) is 1. The summed E-state index contributed by atoms with van der Waals surface area (Å²) >= 11 is 0. The summed E-state index contributed by atoms with van der Waals surface area (Å²) in [5.74, 6) is 0.387. The van der Waals surface area contributed by atoms with E-state index >= 15 is 0 Å². The second kappa shape index (κ2) is 13.2. The number of pyridine rings is 1. The Bertz CT molecular complexity index is 2160. The maximum atomic E-state index is 14.0. The Labute approximate surface area is 279 Å².